The molecule has 2 N–H and O–H groups in total. The molecule has 0 aliphatic carbocycles. The minimum Gasteiger partial charge on any atom is -0.487 e. The molecule has 0 aliphatic rings. The summed E-state index contributed by atoms with van der Waals surface area (Å²) in [5.41, 5.74) is 3.22. The molecule has 2 aromatic heterocycles. The number of hydrogen-bond acceptors (Lipinski definition) is 4. The number of aromatic nitrogens is 2. The van der Waals surface area contributed by atoms with Crippen LogP contribution in [-0.2, 0) is 6.61 Å². The molecule has 0 spiro atoms. The van der Waals surface area contributed by atoms with E-state index >= 15 is 0 Å². The van der Waals surface area contributed by atoms with Crippen molar-refractivity contribution in [3.05, 3.63) is 94.0 Å². The summed E-state index contributed by atoms with van der Waals surface area (Å²) in [6.07, 6.45) is 1.71. The highest BCUT2D eigenvalue weighted by atomic mass is 16.5. The van der Waals surface area contributed by atoms with Crippen LogP contribution in [0.4, 0.5) is 0 Å². The van der Waals surface area contributed by atoms with E-state index in [1.54, 1.807) is 18.3 Å². The molecule has 0 fully saturated rings. The summed E-state index contributed by atoms with van der Waals surface area (Å²) in [5.74, 6) is -0.796. The van der Waals surface area contributed by atoms with Crippen LogP contribution < -0.4 is 10.2 Å². The maximum absolute atomic E-state index is 12.6. The van der Waals surface area contributed by atoms with Gasteiger partial charge in [0.1, 0.15) is 18.1 Å². The summed E-state index contributed by atoms with van der Waals surface area (Å²) < 4.78 is 6.01. The summed E-state index contributed by atoms with van der Waals surface area (Å²) in [5, 5.41) is 9.68. The number of carboxylic acids is 1. The van der Waals surface area contributed by atoms with Crippen molar-refractivity contribution >= 4 is 16.9 Å². The van der Waals surface area contributed by atoms with Gasteiger partial charge in [0.25, 0.3) is 0 Å². The number of fused-ring (bicyclic) bond motifs is 1. The lowest BCUT2D eigenvalue weighted by Gasteiger charge is -2.13. The van der Waals surface area contributed by atoms with Crippen LogP contribution in [0.3, 0.4) is 0 Å². The third-order valence-corrected chi connectivity index (χ3v) is 4.69. The van der Waals surface area contributed by atoms with Crippen molar-refractivity contribution in [2.24, 2.45) is 0 Å². The molecule has 0 saturated carbocycles. The standard InChI is InChI=1S/C23H18N2O4/c1-14-17(8-5-9-24-14)16-10-18-20(26)12-19(23(27)28)25-22(18)21(11-16)29-13-15-6-3-2-4-7-15/h2-12H,13H2,1H3,(H,25,26)(H,27,28). The number of carbonyl (C=O) groups is 1. The zero-order valence-corrected chi connectivity index (χ0v) is 15.7. The Bertz CT molecular complexity index is 1260. The predicted octanol–water partition coefficient (Wildman–Crippen LogP) is 4.18. The minimum absolute atomic E-state index is 0.183. The Balaban J connectivity index is 1.90. The number of nitrogens with one attached hydrogen (secondary N) is 1. The first-order valence-corrected chi connectivity index (χ1v) is 9.06. The molecule has 2 heterocycles. The van der Waals surface area contributed by atoms with Crippen molar-refractivity contribution in [2.45, 2.75) is 13.5 Å². The molecule has 4 aromatic rings. The largest absolute Gasteiger partial charge is 0.487 e. The van der Waals surface area contributed by atoms with E-state index in [1.165, 1.54) is 0 Å². The van der Waals surface area contributed by atoms with Crippen molar-refractivity contribution < 1.29 is 14.6 Å². The van der Waals surface area contributed by atoms with Gasteiger partial charge in [0.05, 0.1) is 5.52 Å². The highest BCUT2D eigenvalue weighted by molar-refractivity contribution is 5.94. The summed E-state index contributed by atoms with van der Waals surface area (Å²) in [4.78, 5) is 31.2. The number of H-pyrrole nitrogens is 1. The Morgan fingerprint density at radius 2 is 1.90 bits per heavy atom. The molecule has 0 saturated heterocycles. The maximum Gasteiger partial charge on any atom is 0.352 e. The lowest BCUT2D eigenvalue weighted by atomic mass is 10.0. The smallest absolute Gasteiger partial charge is 0.352 e. The Labute approximate surface area is 166 Å². The summed E-state index contributed by atoms with van der Waals surface area (Å²) in [6.45, 7) is 2.17. The van der Waals surface area contributed by atoms with Crippen LogP contribution in [-0.4, -0.2) is 21.0 Å². The molecular weight excluding hydrogens is 368 g/mol. The van der Waals surface area contributed by atoms with Gasteiger partial charge in [0.15, 0.2) is 5.43 Å². The number of aromatic carboxylic acids is 1. The van der Waals surface area contributed by atoms with E-state index in [0.717, 1.165) is 28.5 Å². The van der Waals surface area contributed by atoms with Crippen LogP contribution in [0, 0.1) is 6.92 Å². The molecule has 0 unspecified atom stereocenters. The van der Waals surface area contributed by atoms with Gasteiger partial charge in [-0.3, -0.25) is 9.78 Å². The average Bonchev–Trinajstić information content (AvgIpc) is 2.73. The van der Waals surface area contributed by atoms with Gasteiger partial charge >= 0.3 is 5.97 Å². The lowest BCUT2D eigenvalue weighted by molar-refractivity contribution is 0.0691. The number of rotatable bonds is 5. The molecule has 0 bridgehead atoms. The molecule has 29 heavy (non-hydrogen) atoms. The van der Waals surface area contributed by atoms with Gasteiger partial charge in [-0.1, -0.05) is 36.4 Å². The van der Waals surface area contributed by atoms with Gasteiger partial charge in [-0.2, -0.15) is 0 Å². The van der Waals surface area contributed by atoms with E-state index in [9.17, 15) is 14.7 Å². The van der Waals surface area contributed by atoms with Crippen LogP contribution >= 0.6 is 0 Å². The summed E-state index contributed by atoms with van der Waals surface area (Å²) >= 11 is 0. The van der Waals surface area contributed by atoms with Gasteiger partial charge in [-0.25, -0.2) is 4.79 Å². The Morgan fingerprint density at radius 3 is 2.62 bits per heavy atom. The fourth-order valence-electron chi connectivity index (χ4n) is 3.23. The molecular formula is C23H18N2O4. The van der Waals surface area contributed by atoms with Gasteiger partial charge in [0.2, 0.25) is 0 Å². The number of aromatic amines is 1. The Morgan fingerprint density at radius 1 is 1.10 bits per heavy atom. The molecule has 6 nitrogen and oxygen atoms in total. The van der Waals surface area contributed by atoms with Crippen molar-refractivity contribution in [3.8, 4) is 16.9 Å². The quantitative estimate of drug-likeness (QED) is 0.537. The zero-order chi connectivity index (χ0) is 20.4. The van der Waals surface area contributed by atoms with Crippen molar-refractivity contribution in [1.29, 1.82) is 0 Å². The molecule has 6 heteroatoms. The first-order chi connectivity index (χ1) is 14.0. The monoisotopic (exact) mass is 386 g/mol. The van der Waals surface area contributed by atoms with E-state index in [4.69, 9.17) is 4.74 Å². The first kappa shape index (κ1) is 18.4. The van der Waals surface area contributed by atoms with Gasteiger partial charge < -0.3 is 14.8 Å². The SMILES string of the molecule is Cc1ncccc1-c1cc(OCc2ccccc2)c2[nH]c(C(=O)O)cc(=O)c2c1. The third kappa shape index (κ3) is 3.73. The Hall–Kier alpha value is -3.93. The minimum atomic E-state index is -1.20. The van der Waals surface area contributed by atoms with Crippen LogP contribution in [0.2, 0.25) is 0 Å². The number of benzene rings is 2. The fraction of sp³-hybridized carbons (Fsp3) is 0.0870. The molecule has 0 aliphatic heterocycles. The van der Waals surface area contributed by atoms with Crippen LogP contribution in [0.15, 0.2) is 71.7 Å². The second kappa shape index (κ2) is 7.59. The maximum atomic E-state index is 12.6. The zero-order valence-electron chi connectivity index (χ0n) is 15.7. The first-order valence-electron chi connectivity index (χ1n) is 9.06. The third-order valence-electron chi connectivity index (χ3n) is 4.69. The second-order valence-corrected chi connectivity index (χ2v) is 6.66. The highest BCUT2D eigenvalue weighted by Crippen LogP contribution is 2.32. The molecule has 4 rings (SSSR count). The van der Waals surface area contributed by atoms with Crippen LogP contribution in [0.5, 0.6) is 5.75 Å². The normalized spacial score (nSPS) is 10.8. The van der Waals surface area contributed by atoms with Gasteiger partial charge in [-0.05, 0) is 36.2 Å². The van der Waals surface area contributed by atoms with Crippen LogP contribution in [0.1, 0.15) is 21.7 Å². The number of carboxylic acid groups (broad SMARTS) is 1. The van der Waals surface area contributed by atoms with Gasteiger partial charge in [-0.15, -0.1) is 0 Å². The van der Waals surface area contributed by atoms with Crippen molar-refractivity contribution in [2.75, 3.05) is 0 Å². The molecule has 0 radical (unpaired) electrons. The van der Waals surface area contributed by atoms with E-state index in [0.29, 0.717) is 16.7 Å². The molecule has 0 atom stereocenters. The number of hydrogen-bond donors (Lipinski definition) is 2. The van der Waals surface area contributed by atoms with E-state index in [1.807, 2.05) is 49.4 Å². The van der Waals surface area contributed by atoms with Crippen LogP contribution in [0.25, 0.3) is 22.0 Å². The predicted molar refractivity (Wildman–Crippen MR) is 110 cm³/mol. The summed E-state index contributed by atoms with van der Waals surface area (Å²) in [7, 11) is 0. The van der Waals surface area contributed by atoms with E-state index in [-0.39, 0.29) is 17.7 Å². The van der Waals surface area contributed by atoms with E-state index in [2.05, 4.69) is 9.97 Å². The average molecular weight is 386 g/mol. The number of aryl methyl sites for hydroxylation is 1. The molecule has 2 aromatic carbocycles. The molecule has 144 valence electrons. The van der Waals surface area contributed by atoms with Gasteiger partial charge in [0, 0.05) is 28.9 Å². The molecule has 0 amide bonds. The fourth-order valence-corrected chi connectivity index (χ4v) is 3.23. The number of ether oxygens (including phenoxy) is 1. The highest BCUT2D eigenvalue weighted by Gasteiger charge is 2.15. The van der Waals surface area contributed by atoms with Crippen molar-refractivity contribution in [1.82, 2.24) is 9.97 Å². The van der Waals surface area contributed by atoms with E-state index < -0.39 is 5.97 Å². The number of nitrogens with zero attached hydrogens (tertiary/aromatic N) is 1. The van der Waals surface area contributed by atoms with Crippen molar-refractivity contribution in [3.63, 3.8) is 0 Å². The topological polar surface area (TPSA) is 92.3 Å². The second-order valence-electron chi connectivity index (χ2n) is 6.66. The Kier molecular flexibility index (Phi) is 4.83. The summed E-state index contributed by atoms with van der Waals surface area (Å²) in [6, 6.07) is 18.0. The lowest BCUT2D eigenvalue weighted by Crippen LogP contribution is -2.11. The number of pyridine rings is 2.